The van der Waals surface area contributed by atoms with Crippen LogP contribution in [0.2, 0.25) is 0 Å². The lowest BCUT2D eigenvalue weighted by Gasteiger charge is -2.17. The molecule has 0 saturated carbocycles. The first-order chi connectivity index (χ1) is 9.20. The van der Waals surface area contributed by atoms with Gasteiger partial charge >= 0.3 is 6.18 Å². The molecule has 112 valence electrons. The van der Waals surface area contributed by atoms with Gasteiger partial charge in [-0.15, -0.1) is 0 Å². The van der Waals surface area contributed by atoms with Crippen LogP contribution in [-0.4, -0.2) is 26.0 Å². The molecule has 1 aliphatic heterocycles. The van der Waals surface area contributed by atoms with Crippen LogP contribution >= 0.6 is 15.9 Å². The van der Waals surface area contributed by atoms with E-state index >= 15 is 0 Å². The molecule has 0 aliphatic carbocycles. The second-order valence-electron chi connectivity index (χ2n) is 4.70. The molecule has 0 aromatic heterocycles. The zero-order valence-corrected chi connectivity index (χ0v) is 12.8. The second-order valence-corrected chi connectivity index (χ2v) is 8.02. The van der Waals surface area contributed by atoms with E-state index in [1.54, 1.807) is 0 Å². The monoisotopic (exact) mass is 371 g/mol. The van der Waals surface area contributed by atoms with Gasteiger partial charge in [-0.2, -0.15) is 13.2 Å². The number of rotatable bonds is 3. The van der Waals surface area contributed by atoms with Gasteiger partial charge in [-0.3, -0.25) is 0 Å². The molecular formula is C12H13BrF3NO2S. The Hall–Kier alpha value is -0.760. The van der Waals surface area contributed by atoms with Gasteiger partial charge in [-0.1, -0.05) is 15.9 Å². The average Bonchev–Trinajstić information content (AvgIpc) is 2.64. The Morgan fingerprint density at radius 2 is 2.05 bits per heavy atom. The number of alkyl halides is 3. The number of hydrogen-bond donors (Lipinski definition) is 1. The second kappa shape index (κ2) is 5.55. The van der Waals surface area contributed by atoms with E-state index in [-0.39, 0.29) is 18.0 Å². The standard InChI is InChI=1S/C12H13BrF3NO2S/c13-8-3-4-10(12(14,15)16)11(6-8)17-7-9-2-1-5-20(9,18)19/h3-4,6,9,17H,1-2,5,7H2. The number of anilines is 1. The first-order valence-corrected chi connectivity index (χ1v) is 8.53. The van der Waals surface area contributed by atoms with Gasteiger partial charge in [0, 0.05) is 16.7 Å². The molecule has 1 heterocycles. The number of nitrogens with one attached hydrogen (secondary N) is 1. The topological polar surface area (TPSA) is 46.2 Å². The molecule has 0 radical (unpaired) electrons. The molecular weight excluding hydrogens is 359 g/mol. The smallest absolute Gasteiger partial charge is 0.383 e. The number of hydrogen-bond acceptors (Lipinski definition) is 3. The van der Waals surface area contributed by atoms with Crippen LogP contribution in [0, 0.1) is 0 Å². The van der Waals surface area contributed by atoms with Gasteiger partial charge < -0.3 is 5.32 Å². The summed E-state index contributed by atoms with van der Waals surface area (Å²) in [6, 6.07) is 3.58. The minimum Gasteiger partial charge on any atom is -0.383 e. The van der Waals surface area contributed by atoms with Gasteiger partial charge in [0.2, 0.25) is 0 Å². The van der Waals surface area contributed by atoms with Gasteiger partial charge in [-0.25, -0.2) is 8.42 Å². The summed E-state index contributed by atoms with van der Waals surface area (Å²) in [7, 11) is -3.17. The Morgan fingerprint density at radius 1 is 1.35 bits per heavy atom. The van der Waals surface area contributed by atoms with E-state index in [4.69, 9.17) is 0 Å². The predicted molar refractivity (Wildman–Crippen MR) is 74.4 cm³/mol. The molecule has 1 fully saturated rings. The molecule has 20 heavy (non-hydrogen) atoms. The minimum absolute atomic E-state index is 0.00185. The average molecular weight is 372 g/mol. The lowest BCUT2D eigenvalue weighted by molar-refractivity contribution is -0.137. The highest BCUT2D eigenvalue weighted by atomic mass is 79.9. The van der Waals surface area contributed by atoms with Gasteiger partial charge in [-0.05, 0) is 31.0 Å². The molecule has 0 bridgehead atoms. The minimum atomic E-state index is -4.47. The van der Waals surface area contributed by atoms with E-state index in [2.05, 4.69) is 21.2 Å². The molecule has 1 saturated heterocycles. The summed E-state index contributed by atoms with van der Waals surface area (Å²) in [6.45, 7) is 0.00185. The number of benzene rings is 1. The van der Waals surface area contributed by atoms with Crippen LogP contribution in [0.1, 0.15) is 18.4 Å². The molecule has 0 spiro atoms. The quantitative estimate of drug-likeness (QED) is 0.884. The first kappa shape index (κ1) is 15.6. The third-order valence-corrected chi connectivity index (χ3v) is 6.04. The van der Waals surface area contributed by atoms with Gasteiger partial charge in [0.25, 0.3) is 0 Å². The van der Waals surface area contributed by atoms with Crippen molar-refractivity contribution in [2.75, 3.05) is 17.6 Å². The van der Waals surface area contributed by atoms with Crippen molar-refractivity contribution in [3.63, 3.8) is 0 Å². The van der Waals surface area contributed by atoms with Gasteiger partial charge in [0.15, 0.2) is 9.84 Å². The Balaban J connectivity index is 2.19. The summed E-state index contributed by atoms with van der Waals surface area (Å²) in [5.41, 5.74) is -0.898. The summed E-state index contributed by atoms with van der Waals surface area (Å²) < 4.78 is 62.4. The van der Waals surface area contributed by atoms with Crippen LogP contribution in [-0.2, 0) is 16.0 Å². The molecule has 1 aliphatic rings. The fraction of sp³-hybridized carbons (Fsp3) is 0.500. The SMILES string of the molecule is O=S1(=O)CCCC1CNc1cc(Br)ccc1C(F)(F)F. The van der Waals surface area contributed by atoms with E-state index in [9.17, 15) is 21.6 Å². The highest BCUT2D eigenvalue weighted by Crippen LogP contribution is 2.36. The van der Waals surface area contributed by atoms with Crippen molar-refractivity contribution in [1.29, 1.82) is 0 Å². The van der Waals surface area contributed by atoms with Crippen molar-refractivity contribution in [1.82, 2.24) is 0 Å². The zero-order chi connectivity index (χ0) is 15.0. The summed E-state index contributed by atoms with van der Waals surface area (Å²) in [5.74, 6) is 0.115. The molecule has 3 nitrogen and oxygen atoms in total. The third-order valence-electron chi connectivity index (χ3n) is 3.27. The van der Waals surface area contributed by atoms with Gasteiger partial charge in [0.1, 0.15) is 0 Å². The highest BCUT2D eigenvalue weighted by Gasteiger charge is 2.35. The summed E-state index contributed by atoms with van der Waals surface area (Å²) >= 11 is 3.11. The van der Waals surface area contributed by atoms with Crippen LogP contribution in [0.25, 0.3) is 0 Å². The van der Waals surface area contributed by atoms with E-state index in [1.165, 1.54) is 12.1 Å². The number of sulfone groups is 1. The van der Waals surface area contributed by atoms with Gasteiger partial charge in [0.05, 0.1) is 16.6 Å². The molecule has 1 aromatic carbocycles. The van der Waals surface area contributed by atoms with Crippen molar-refractivity contribution in [3.8, 4) is 0 Å². The van der Waals surface area contributed by atoms with Crippen molar-refractivity contribution in [2.24, 2.45) is 0 Å². The van der Waals surface area contributed by atoms with E-state index < -0.39 is 26.8 Å². The maximum absolute atomic E-state index is 12.9. The normalized spacial score (nSPS) is 21.9. The number of halogens is 4. The summed E-state index contributed by atoms with van der Waals surface area (Å²) in [4.78, 5) is 0. The van der Waals surface area contributed by atoms with Crippen molar-refractivity contribution in [2.45, 2.75) is 24.3 Å². The molecule has 1 N–H and O–H groups in total. The van der Waals surface area contributed by atoms with Crippen LogP contribution in [0.4, 0.5) is 18.9 Å². The Labute approximate surface area is 123 Å². The molecule has 0 amide bonds. The third kappa shape index (κ3) is 3.46. The first-order valence-electron chi connectivity index (χ1n) is 6.02. The Bertz CT molecular complexity index is 601. The zero-order valence-electron chi connectivity index (χ0n) is 10.4. The molecule has 1 atom stereocenters. The predicted octanol–water partition coefficient (Wildman–Crippen LogP) is 3.46. The highest BCUT2D eigenvalue weighted by molar-refractivity contribution is 9.10. The van der Waals surface area contributed by atoms with Crippen LogP contribution < -0.4 is 5.32 Å². The largest absolute Gasteiger partial charge is 0.418 e. The fourth-order valence-corrected chi connectivity index (χ4v) is 4.35. The Kier molecular flexibility index (Phi) is 4.34. The van der Waals surface area contributed by atoms with E-state index in [0.717, 1.165) is 6.07 Å². The molecule has 1 unspecified atom stereocenters. The van der Waals surface area contributed by atoms with Crippen LogP contribution in [0.15, 0.2) is 22.7 Å². The molecule has 1 aromatic rings. The fourth-order valence-electron chi connectivity index (χ4n) is 2.22. The van der Waals surface area contributed by atoms with Crippen molar-refractivity contribution < 1.29 is 21.6 Å². The molecule has 2 rings (SSSR count). The van der Waals surface area contributed by atoms with Crippen LogP contribution in [0.5, 0.6) is 0 Å². The summed E-state index contributed by atoms with van der Waals surface area (Å²) in [5, 5.41) is 2.02. The molecule has 8 heteroatoms. The Morgan fingerprint density at radius 3 is 2.60 bits per heavy atom. The lowest BCUT2D eigenvalue weighted by Crippen LogP contribution is -2.26. The van der Waals surface area contributed by atoms with Crippen molar-refractivity contribution >= 4 is 31.5 Å². The van der Waals surface area contributed by atoms with E-state index in [0.29, 0.717) is 17.3 Å². The lowest BCUT2D eigenvalue weighted by atomic mass is 10.1. The van der Waals surface area contributed by atoms with Crippen molar-refractivity contribution in [3.05, 3.63) is 28.2 Å². The maximum atomic E-state index is 12.9. The summed E-state index contributed by atoms with van der Waals surface area (Å²) in [6.07, 6.45) is -3.42. The van der Waals surface area contributed by atoms with E-state index in [1.807, 2.05) is 0 Å². The van der Waals surface area contributed by atoms with Crippen LogP contribution in [0.3, 0.4) is 0 Å². The maximum Gasteiger partial charge on any atom is 0.418 e.